The number of hydrogen-bond donors (Lipinski definition) is 1. The van der Waals surface area contributed by atoms with Crippen LogP contribution in [-0.2, 0) is 16.1 Å². The zero-order valence-corrected chi connectivity index (χ0v) is 18.0. The molecule has 160 valence electrons. The zero-order chi connectivity index (χ0) is 20.3. The fourth-order valence-electron chi connectivity index (χ4n) is 3.47. The van der Waals surface area contributed by atoms with Crippen molar-refractivity contribution in [2.75, 3.05) is 0 Å². The third kappa shape index (κ3) is 14.7. The summed E-state index contributed by atoms with van der Waals surface area (Å²) in [5.74, 6) is -0.0860. The summed E-state index contributed by atoms with van der Waals surface area (Å²) >= 11 is 0. The molecule has 0 bridgehead atoms. The van der Waals surface area contributed by atoms with Gasteiger partial charge in [-0.15, -0.1) is 0 Å². The van der Waals surface area contributed by atoms with Crippen LogP contribution >= 0.6 is 0 Å². The molecule has 1 atom stereocenters. The second-order valence-electron chi connectivity index (χ2n) is 8.02. The van der Waals surface area contributed by atoms with Crippen molar-refractivity contribution in [2.24, 2.45) is 0 Å². The lowest BCUT2D eigenvalue weighted by Crippen LogP contribution is -2.05. The maximum atomic E-state index is 11.7. The lowest BCUT2D eigenvalue weighted by molar-refractivity contribution is -0.145. The summed E-state index contributed by atoms with van der Waals surface area (Å²) < 4.78 is 5.30. The molecule has 28 heavy (non-hydrogen) atoms. The van der Waals surface area contributed by atoms with Gasteiger partial charge in [-0.3, -0.25) is 4.79 Å². The Hall–Kier alpha value is -1.35. The Morgan fingerprint density at radius 3 is 1.96 bits per heavy atom. The predicted octanol–water partition coefficient (Wildman–Crippen LogP) is 6.96. The van der Waals surface area contributed by atoms with Crippen LogP contribution in [-0.4, -0.2) is 17.2 Å². The predicted molar refractivity (Wildman–Crippen MR) is 117 cm³/mol. The number of unbranched alkanes of at least 4 members (excludes halogenated alkanes) is 10. The van der Waals surface area contributed by atoms with E-state index in [1.165, 1.54) is 57.8 Å². The smallest absolute Gasteiger partial charge is 0.306 e. The summed E-state index contributed by atoms with van der Waals surface area (Å²) in [6, 6.07) is 9.83. The van der Waals surface area contributed by atoms with Gasteiger partial charge in [0.25, 0.3) is 0 Å². The number of aliphatic hydroxyl groups excluding tert-OH is 1. The van der Waals surface area contributed by atoms with Crippen LogP contribution in [0.15, 0.2) is 30.3 Å². The lowest BCUT2D eigenvalue weighted by Gasteiger charge is -2.10. The number of ether oxygens (including phenoxy) is 1. The molecule has 0 aliphatic carbocycles. The summed E-state index contributed by atoms with van der Waals surface area (Å²) in [5.41, 5.74) is 1.04. The van der Waals surface area contributed by atoms with Gasteiger partial charge in [0, 0.05) is 6.42 Å². The molecule has 1 aromatic carbocycles. The molecule has 0 aromatic heterocycles. The number of benzene rings is 1. The normalized spacial score (nSPS) is 12.1. The lowest BCUT2D eigenvalue weighted by atomic mass is 10.0. The van der Waals surface area contributed by atoms with E-state index in [9.17, 15) is 9.90 Å². The first kappa shape index (κ1) is 24.7. The first-order valence-corrected chi connectivity index (χ1v) is 11.6. The van der Waals surface area contributed by atoms with E-state index in [0.29, 0.717) is 13.0 Å². The molecule has 0 spiro atoms. The van der Waals surface area contributed by atoms with Crippen molar-refractivity contribution in [3.05, 3.63) is 35.9 Å². The average Bonchev–Trinajstić information content (AvgIpc) is 2.72. The van der Waals surface area contributed by atoms with E-state index in [2.05, 4.69) is 6.92 Å². The zero-order valence-electron chi connectivity index (χ0n) is 18.0. The van der Waals surface area contributed by atoms with E-state index in [1.54, 1.807) is 0 Å². The van der Waals surface area contributed by atoms with E-state index in [4.69, 9.17) is 4.74 Å². The van der Waals surface area contributed by atoms with Crippen LogP contribution < -0.4 is 0 Å². The van der Waals surface area contributed by atoms with E-state index in [1.807, 2.05) is 30.3 Å². The molecule has 0 heterocycles. The van der Waals surface area contributed by atoms with E-state index in [-0.39, 0.29) is 12.1 Å². The second-order valence-corrected chi connectivity index (χ2v) is 8.02. The molecule has 1 N–H and O–H groups in total. The van der Waals surface area contributed by atoms with Gasteiger partial charge in [-0.2, -0.15) is 0 Å². The number of carbonyl (C=O) groups is 1. The minimum atomic E-state index is -0.0860. The Morgan fingerprint density at radius 1 is 0.821 bits per heavy atom. The first-order valence-electron chi connectivity index (χ1n) is 11.6. The summed E-state index contributed by atoms with van der Waals surface area (Å²) in [7, 11) is 0. The van der Waals surface area contributed by atoms with Crippen molar-refractivity contribution >= 4 is 5.97 Å². The van der Waals surface area contributed by atoms with Crippen LogP contribution in [0.3, 0.4) is 0 Å². The largest absolute Gasteiger partial charge is 0.461 e. The van der Waals surface area contributed by atoms with E-state index in [0.717, 1.165) is 37.7 Å². The van der Waals surface area contributed by atoms with Crippen LogP contribution in [0.2, 0.25) is 0 Å². The highest BCUT2D eigenvalue weighted by Crippen LogP contribution is 2.14. The molecule has 0 saturated heterocycles. The Bertz CT molecular complexity index is 472. The van der Waals surface area contributed by atoms with Crippen molar-refractivity contribution in [3.8, 4) is 0 Å². The van der Waals surface area contributed by atoms with Crippen molar-refractivity contribution in [2.45, 2.75) is 116 Å². The molecule has 1 aromatic rings. The van der Waals surface area contributed by atoms with Crippen LogP contribution in [0.1, 0.15) is 109 Å². The summed E-state index contributed by atoms with van der Waals surface area (Å²) in [4.78, 5) is 11.7. The van der Waals surface area contributed by atoms with Gasteiger partial charge in [-0.05, 0) is 24.8 Å². The Kier molecular flexibility index (Phi) is 15.6. The first-order chi connectivity index (χ1) is 13.7. The Balaban J connectivity index is 1.82. The van der Waals surface area contributed by atoms with Gasteiger partial charge in [-0.25, -0.2) is 0 Å². The molecule has 0 aliphatic heterocycles. The second kappa shape index (κ2) is 17.7. The third-order valence-corrected chi connectivity index (χ3v) is 5.30. The molecular weight excluding hydrogens is 348 g/mol. The van der Waals surface area contributed by atoms with E-state index >= 15 is 0 Å². The highest BCUT2D eigenvalue weighted by Gasteiger charge is 2.04. The number of aliphatic hydroxyl groups is 1. The standard InChI is InChI=1S/C25H42O3/c1-2-3-4-14-19-24(26)20-15-9-7-5-6-8-10-16-21-25(27)28-22-23-17-12-11-13-18-23/h11-13,17-18,24,26H,2-10,14-16,19-22H2,1H3. The van der Waals surface area contributed by atoms with Crippen molar-refractivity contribution in [3.63, 3.8) is 0 Å². The van der Waals surface area contributed by atoms with Crippen LogP contribution in [0.5, 0.6) is 0 Å². The maximum Gasteiger partial charge on any atom is 0.306 e. The number of esters is 1. The summed E-state index contributed by atoms with van der Waals surface area (Å²) in [6.45, 7) is 2.60. The molecule has 1 unspecified atom stereocenters. The van der Waals surface area contributed by atoms with Gasteiger partial charge >= 0.3 is 5.97 Å². The third-order valence-electron chi connectivity index (χ3n) is 5.30. The maximum absolute atomic E-state index is 11.7. The molecule has 1 rings (SSSR count). The van der Waals surface area contributed by atoms with Gasteiger partial charge in [0.05, 0.1) is 6.10 Å². The molecule has 0 amide bonds. The van der Waals surface area contributed by atoms with Gasteiger partial charge in [0.15, 0.2) is 0 Å². The van der Waals surface area contributed by atoms with Crippen molar-refractivity contribution in [1.82, 2.24) is 0 Å². The summed E-state index contributed by atoms with van der Waals surface area (Å²) in [5, 5.41) is 9.96. The fourth-order valence-corrected chi connectivity index (χ4v) is 3.47. The molecule has 0 fully saturated rings. The van der Waals surface area contributed by atoms with E-state index < -0.39 is 0 Å². The van der Waals surface area contributed by atoms with Crippen LogP contribution in [0, 0.1) is 0 Å². The highest BCUT2D eigenvalue weighted by atomic mass is 16.5. The Morgan fingerprint density at radius 2 is 1.36 bits per heavy atom. The summed E-state index contributed by atoms with van der Waals surface area (Å²) in [6.07, 6.45) is 16.8. The monoisotopic (exact) mass is 390 g/mol. The van der Waals surface area contributed by atoms with Crippen molar-refractivity contribution < 1.29 is 14.6 Å². The molecule has 0 radical (unpaired) electrons. The van der Waals surface area contributed by atoms with Crippen LogP contribution in [0.4, 0.5) is 0 Å². The molecular formula is C25H42O3. The van der Waals surface area contributed by atoms with Crippen LogP contribution in [0.25, 0.3) is 0 Å². The topological polar surface area (TPSA) is 46.5 Å². The van der Waals surface area contributed by atoms with Crippen molar-refractivity contribution in [1.29, 1.82) is 0 Å². The van der Waals surface area contributed by atoms with Gasteiger partial charge < -0.3 is 9.84 Å². The number of carbonyl (C=O) groups excluding carboxylic acids is 1. The minimum Gasteiger partial charge on any atom is -0.461 e. The van der Waals surface area contributed by atoms with Gasteiger partial charge in [0.2, 0.25) is 0 Å². The molecule has 3 nitrogen and oxygen atoms in total. The minimum absolute atomic E-state index is 0.0847. The molecule has 3 heteroatoms. The molecule has 0 saturated carbocycles. The SMILES string of the molecule is CCCCCCC(O)CCCCCCCCCCC(=O)OCc1ccccc1. The highest BCUT2D eigenvalue weighted by molar-refractivity contribution is 5.69. The Labute approximate surface area is 172 Å². The van der Waals surface area contributed by atoms with Gasteiger partial charge in [-0.1, -0.05) is 108 Å². The quantitative estimate of drug-likeness (QED) is 0.218. The number of rotatable bonds is 18. The fraction of sp³-hybridized carbons (Fsp3) is 0.720. The van der Waals surface area contributed by atoms with Gasteiger partial charge in [0.1, 0.15) is 6.61 Å². The molecule has 0 aliphatic rings. The average molecular weight is 391 g/mol. The number of hydrogen-bond acceptors (Lipinski definition) is 3.